The van der Waals surface area contributed by atoms with Crippen LogP contribution in [-0.4, -0.2) is 5.91 Å². The van der Waals surface area contributed by atoms with Crippen molar-refractivity contribution in [3.8, 4) is 0 Å². The normalized spacial score (nSPS) is 10.4. The predicted octanol–water partition coefficient (Wildman–Crippen LogP) is 3.69. The number of primary amides is 1. The summed E-state index contributed by atoms with van der Waals surface area (Å²) in [6, 6.07) is 13.9. The van der Waals surface area contributed by atoms with Crippen LogP contribution in [0.4, 0.5) is 0 Å². The van der Waals surface area contributed by atoms with Crippen molar-refractivity contribution in [3.63, 3.8) is 0 Å². The third kappa shape index (κ3) is 3.61. The molecule has 0 fully saturated rings. The number of benzene rings is 2. The lowest BCUT2D eigenvalue weighted by atomic mass is 10.1. The van der Waals surface area contributed by atoms with Gasteiger partial charge in [0.1, 0.15) is 0 Å². The van der Waals surface area contributed by atoms with E-state index in [9.17, 15) is 4.79 Å². The van der Waals surface area contributed by atoms with Crippen LogP contribution in [0.15, 0.2) is 47.4 Å². The van der Waals surface area contributed by atoms with Crippen molar-refractivity contribution in [3.05, 3.63) is 64.7 Å². The van der Waals surface area contributed by atoms with Crippen LogP contribution in [0.5, 0.6) is 0 Å². The highest BCUT2D eigenvalue weighted by Crippen LogP contribution is 2.26. The van der Waals surface area contributed by atoms with Gasteiger partial charge in [-0.25, -0.2) is 0 Å². The maximum Gasteiger partial charge on any atom is 0.248 e. The second-order valence-electron chi connectivity index (χ2n) is 4.62. The first-order valence-corrected chi connectivity index (χ1v) is 7.13. The molecular formula is C16H17NOS. The van der Waals surface area contributed by atoms with Gasteiger partial charge in [0, 0.05) is 16.2 Å². The number of thioether (sulfide) groups is 1. The van der Waals surface area contributed by atoms with Gasteiger partial charge in [-0.15, -0.1) is 11.8 Å². The molecule has 2 nitrogen and oxygen atoms in total. The summed E-state index contributed by atoms with van der Waals surface area (Å²) in [5.74, 6) is 0.511. The highest BCUT2D eigenvalue weighted by Gasteiger charge is 2.02. The van der Waals surface area contributed by atoms with Gasteiger partial charge in [0.2, 0.25) is 5.91 Å². The fraction of sp³-hybridized carbons (Fsp3) is 0.188. The number of carbonyl (C=O) groups is 1. The van der Waals surface area contributed by atoms with E-state index in [1.54, 1.807) is 23.9 Å². The molecule has 0 unspecified atom stereocenters. The molecule has 0 aliphatic carbocycles. The summed E-state index contributed by atoms with van der Waals surface area (Å²) >= 11 is 1.81. The molecule has 0 spiro atoms. The first-order chi connectivity index (χ1) is 9.06. The van der Waals surface area contributed by atoms with Crippen molar-refractivity contribution in [1.82, 2.24) is 0 Å². The molecule has 0 radical (unpaired) electrons. The molecule has 0 atom stereocenters. The molecule has 1 amide bonds. The molecule has 0 heterocycles. The topological polar surface area (TPSA) is 43.1 Å². The highest BCUT2D eigenvalue weighted by atomic mass is 32.2. The van der Waals surface area contributed by atoms with Crippen LogP contribution < -0.4 is 5.73 Å². The molecule has 19 heavy (non-hydrogen) atoms. The Morgan fingerprint density at radius 2 is 1.79 bits per heavy atom. The Kier molecular flexibility index (Phi) is 4.27. The van der Waals surface area contributed by atoms with Crippen molar-refractivity contribution in [2.24, 2.45) is 5.73 Å². The average molecular weight is 271 g/mol. The third-order valence-electron chi connectivity index (χ3n) is 2.96. The first kappa shape index (κ1) is 13.7. The molecule has 2 rings (SSSR count). The lowest BCUT2D eigenvalue weighted by Crippen LogP contribution is -2.10. The Morgan fingerprint density at radius 3 is 2.37 bits per heavy atom. The van der Waals surface area contributed by atoms with Crippen LogP contribution in [0.25, 0.3) is 0 Å². The zero-order chi connectivity index (χ0) is 13.8. The third-order valence-corrected chi connectivity index (χ3v) is 4.21. The summed E-state index contributed by atoms with van der Waals surface area (Å²) in [5, 5.41) is 0. The van der Waals surface area contributed by atoms with Gasteiger partial charge in [-0.05, 0) is 43.2 Å². The second kappa shape index (κ2) is 5.93. The molecule has 98 valence electrons. The average Bonchev–Trinajstić information content (AvgIpc) is 2.38. The van der Waals surface area contributed by atoms with Crippen molar-refractivity contribution >= 4 is 17.7 Å². The maximum atomic E-state index is 11.0. The van der Waals surface area contributed by atoms with E-state index in [4.69, 9.17) is 5.73 Å². The predicted molar refractivity (Wildman–Crippen MR) is 80.4 cm³/mol. The number of hydrogen-bond acceptors (Lipinski definition) is 2. The number of nitrogens with two attached hydrogens (primary N) is 1. The van der Waals surface area contributed by atoms with E-state index in [1.807, 2.05) is 12.1 Å². The van der Waals surface area contributed by atoms with Crippen LogP contribution in [0.2, 0.25) is 0 Å². The molecule has 0 saturated heterocycles. The fourth-order valence-corrected chi connectivity index (χ4v) is 2.85. The van der Waals surface area contributed by atoms with E-state index in [2.05, 4.69) is 32.0 Å². The van der Waals surface area contributed by atoms with Gasteiger partial charge in [0.05, 0.1) is 0 Å². The fourth-order valence-electron chi connectivity index (χ4n) is 1.89. The SMILES string of the molecule is Cc1ccc(SCc2ccc(C(N)=O)cc2)c(C)c1. The van der Waals surface area contributed by atoms with E-state index >= 15 is 0 Å². The molecule has 2 aromatic carbocycles. The van der Waals surface area contributed by atoms with Gasteiger partial charge in [-0.3, -0.25) is 4.79 Å². The summed E-state index contributed by atoms with van der Waals surface area (Å²) in [6.07, 6.45) is 0. The van der Waals surface area contributed by atoms with Crippen molar-refractivity contribution in [2.75, 3.05) is 0 Å². The summed E-state index contributed by atoms with van der Waals surface area (Å²) < 4.78 is 0. The molecule has 0 aliphatic rings. The summed E-state index contributed by atoms with van der Waals surface area (Å²) in [7, 11) is 0. The van der Waals surface area contributed by atoms with Gasteiger partial charge >= 0.3 is 0 Å². The maximum absolute atomic E-state index is 11.0. The highest BCUT2D eigenvalue weighted by molar-refractivity contribution is 7.98. The second-order valence-corrected chi connectivity index (χ2v) is 5.64. The van der Waals surface area contributed by atoms with Gasteiger partial charge in [0.25, 0.3) is 0 Å². The van der Waals surface area contributed by atoms with E-state index in [0.717, 1.165) is 5.75 Å². The van der Waals surface area contributed by atoms with Crippen molar-refractivity contribution in [2.45, 2.75) is 24.5 Å². The van der Waals surface area contributed by atoms with Crippen molar-refractivity contribution in [1.29, 1.82) is 0 Å². The minimum atomic E-state index is -0.381. The van der Waals surface area contributed by atoms with Crippen LogP contribution in [-0.2, 0) is 5.75 Å². The molecule has 2 N–H and O–H groups in total. The van der Waals surface area contributed by atoms with Gasteiger partial charge in [0.15, 0.2) is 0 Å². The van der Waals surface area contributed by atoms with Crippen LogP contribution in [0, 0.1) is 13.8 Å². The van der Waals surface area contributed by atoms with E-state index in [0.29, 0.717) is 5.56 Å². The zero-order valence-corrected chi connectivity index (χ0v) is 12.0. The lowest BCUT2D eigenvalue weighted by Gasteiger charge is -2.07. The van der Waals surface area contributed by atoms with E-state index < -0.39 is 0 Å². The zero-order valence-electron chi connectivity index (χ0n) is 11.1. The van der Waals surface area contributed by atoms with Crippen LogP contribution >= 0.6 is 11.8 Å². The van der Waals surface area contributed by atoms with Crippen molar-refractivity contribution < 1.29 is 4.79 Å². The molecule has 2 aromatic rings. The Bertz CT molecular complexity index is 590. The minimum absolute atomic E-state index is 0.381. The Morgan fingerprint density at radius 1 is 1.11 bits per heavy atom. The van der Waals surface area contributed by atoms with Gasteiger partial charge < -0.3 is 5.73 Å². The largest absolute Gasteiger partial charge is 0.366 e. The number of hydrogen-bond donors (Lipinski definition) is 1. The summed E-state index contributed by atoms with van der Waals surface area (Å²) in [6.45, 7) is 4.23. The monoisotopic (exact) mass is 271 g/mol. The lowest BCUT2D eigenvalue weighted by molar-refractivity contribution is 0.100. The quantitative estimate of drug-likeness (QED) is 0.862. The molecule has 3 heteroatoms. The van der Waals surface area contributed by atoms with E-state index in [1.165, 1.54) is 21.6 Å². The summed E-state index contributed by atoms with van der Waals surface area (Å²) in [4.78, 5) is 12.3. The Hall–Kier alpha value is -1.74. The number of aryl methyl sites for hydroxylation is 2. The van der Waals surface area contributed by atoms with E-state index in [-0.39, 0.29) is 5.91 Å². The summed E-state index contributed by atoms with van der Waals surface area (Å²) in [5.41, 5.74) is 9.55. The van der Waals surface area contributed by atoms with Crippen LogP contribution in [0.3, 0.4) is 0 Å². The molecule has 0 aromatic heterocycles. The number of rotatable bonds is 4. The Labute approximate surface area is 118 Å². The molecule has 0 aliphatic heterocycles. The Balaban J connectivity index is 2.04. The van der Waals surface area contributed by atoms with Gasteiger partial charge in [-0.2, -0.15) is 0 Å². The molecule has 0 saturated carbocycles. The molecular weight excluding hydrogens is 254 g/mol. The smallest absolute Gasteiger partial charge is 0.248 e. The number of amides is 1. The first-order valence-electron chi connectivity index (χ1n) is 6.15. The van der Waals surface area contributed by atoms with Crippen LogP contribution in [0.1, 0.15) is 27.0 Å². The standard InChI is InChI=1S/C16H17NOS/c1-11-3-8-15(12(2)9-11)19-10-13-4-6-14(7-5-13)16(17)18/h3-9H,10H2,1-2H3,(H2,17,18). The van der Waals surface area contributed by atoms with Gasteiger partial charge in [-0.1, -0.05) is 29.8 Å². The molecule has 0 bridgehead atoms. The minimum Gasteiger partial charge on any atom is -0.366 e. The number of carbonyl (C=O) groups excluding carboxylic acids is 1.